The Morgan fingerprint density at radius 3 is 2.86 bits per heavy atom. The van der Waals surface area contributed by atoms with E-state index in [0.717, 1.165) is 30.5 Å². The van der Waals surface area contributed by atoms with Crippen molar-refractivity contribution in [1.82, 2.24) is 5.32 Å². The van der Waals surface area contributed by atoms with E-state index in [1.807, 2.05) is 36.1 Å². The topological polar surface area (TPSA) is 41.6 Å². The summed E-state index contributed by atoms with van der Waals surface area (Å²) in [6.45, 7) is 2.54. The van der Waals surface area contributed by atoms with Gasteiger partial charge in [-0.25, -0.2) is 0 Å². The molecule has 0 radical (unpaired) electrons. The van der Waals surface area contributed by atoms with Crippen LogP contribution in [0.1, 0.15) is 30.9 Å². The molecule has 0 fully saturated rings. The fourth-order valence-electron chi connectivity index (χ4n) is 3.37. The number of hydrogen-bond acceptors (Lipinski definition) is 4. The third kappa shape index (κ3) is 4.68. The van der Waals surface area contributed by atoms with Crippen LogP contribution < -0.4 is 15.0 Å². The Hall–Kier alpha value is -2.47. The van der Waals surface area contributed by atoms with Gasteiger partial charge in [-0.05, 0) is 36.6 Å². The van der Waals surface area contributed by atoms with Gasteiger partial charge < -0.3 is 9.64 Å². The zero-order valence-electron chi connectivity index (χ0n) is 16.0. The summed E-state index contributed by atoms with van der Waals surface area (Å²) >= 11 is 0. The lowest BCUT2D eigenvalue weighted by molar-refractivity contribution is -0.110. The summed E-state index contributed by atoms with van der Waals surface area (Å²) in [4.78, 5) is 13.4. The van der Waals surface area contributed by atoms with Gasteiger partial charge in [0.2, 0.25) is 0 Å². The Kier molecular flexibility index (Phi) is 6.62. The van der Waals surface area contributed by atoms with E-state index in [-0.39, 0.29) is 5.56 Å². The number of carbonyl (C=O) groups excluding carboxylic acids is 1. The van der Waals surface area contributed by atoms with Crippen molar-refractivity contribution in [3.05, 3.63) is 59.7 Å². The number of fused-ring (bicyclic) bond motifs is 1. The molecule has 0 aliphatic carbocycles. The molecule has 1 aliphatic rings. The number of para-hydroxylation sites is 1. The molecule has 0 aromatic heterocycles. The summed E-state index contributed by atoms with van der Waals surface area (Å²) in [5.74, 6) is -2.68. The number of anilines is 1. The van der Waals surface area contributed by atoms with Crippen molar-refractivity contribution in [3.63, 3.8) is 0 Å². The highest BCUT2D eigenvalue weighted by atomic mass is 19.3. The number of ether oxygens (including phenoxy) is 1. The van der Waals surface area contributed by atoms with Crippen LogP contribution in [-0.4, -0.2) is 32.1 Å². The van der Waals surface area contributed by atoms with Crippen LogP contribution in [0.4, 0.5) is 14.5 Å². The van der Waals surface area contributed by atoms with Gasteiger partial charge >= 0.3 is 0 Å². The van der Waals surface area contributed by atoms with Crippen LogP contribution >= 0.6 is 0 Å². The molecule has 1 aliphatic heterocycles. The van der Waals surface area contributed by atoms with Crippen LogP contribution in [0, 0.1) is 0 Å². The molecule has 28 heavy (non-hydrogen) atoms. The second kappa shape index (κ2) is 9.15. The number of alkyl halides is 2. The maximum Gasteiger partial charge on any atom is 0.285 e. The minimum Gasteiger partial charge on any atom is -0.494 e. The minimum atomic E-state index is -3.12. The van der Waals surface area contributed by atoms with Crippen molar-refractivity contribution in [2.45, 2.75) is 38.3 Å². The number of nitrogens with one attached hydrogen (secondary N) is 1. The molecule has 0 amide bonds. The summed E-state index contributed by atoms with van der Waals surface area (Å²) in [5, 5.41) is 2.73. The normalized spacial score (nSPS) is 14.6. The van der Waals surface area contributed by atoms with Crippen molar-refractivity contribution in [2.75, 3.05) is 24.6 Å². The van der Waals surface area contributed by atoms with E-state index in [1.165, 1.54) is 12.1 Å². The van der Waals surface area contributed by atoms with Gasteiger partial charge in [0.1, 0.15) is 11.9 Å². The Morgan fingerprint density at radius 2 is 2.07 bits per heavy atom. The first kappa shape index (κ1) is 20.3. The van der Waals surface area contributed by atoms with Gasteiger partial charge in [0, 0.05) is 17.8 Å². The van der Waals surface area contributed by atoms with E-state index in [0.29, 0.717) is 25.2 Å². The maximum atomic E-state index is 14.8. The van der Waals surface area contributed by atoms with Gasteiger partial charge in [-0.2, -0.15) is 8.78 Å². The van der Waals surface area contributed by atoms with Crippen molar-refractivity contribution >= 4 is 12.0 Å². The van der Waals surface area contributed by atoms with Crippen molar-refractivity contribution in [3.8, 4) is 5.75 Å². The molecule has 1 heterocycles. The lowest BCUT2D eigenvalue weighted by Gasteiger charge is -2.29. The summed E-state index contributed by atoms with van der Waals surface area (Å²) in [6.07, 6.45) is 2.55. The van der Waals surface area contributed by atoms with Crippen LogP contribution in [0.3, 0.4) is 0 Å². The van der Waals surface area contributed by atoms with Crippen LogP contribution in [0.2, 0.25) is 0 Å². The van der Waals surface area contributed by atoms with Gasteiger partial charge in [-0.3, -0.25) is 10.1 Å². The molecule has 0 saturated carbocycles. The van der Waals surface area contributed by atoms with Crippen LogP contribution in [-0.2, 0) is 17.1 Å². The predicted octanol–water partition coefficient (Wildman–Crippen LogP) is 4.13. The lowest BCUT2D eigenvalue weighted by atomic mass is 10.1. The molecule has 1 N–H and O–H groups in total. The molecule has 150 valence electrons. The molecule has 0 saturated heterocycles. The predicted molar refractivity (Wildman–Crippen MR) is 106 cm³/mol. The van der Waals surface area contributed by atoms with Crippen molar-refractivity contribution in [1.29, 1.82) is 0 Å². The number of nitrogens with zero attached hydrogens (tertiary/aromatic N) is 1. The number of aldehydes is 1. The number of rotatable bonds is 10. The Balaban J connectivity index is 1.65. The van der Waals surface area contributed by atoms with E-state index in [9.17, 15) is 13.6 Å². The molecule has 0 bridgehead atoms. The summed E-state index contributed by atoms with van der Waals surface area (Å²) in [5.41, 5.74) is 1.92. The largest absolute Gasteiger partial charge is 0.494 e. The Morgan fingerprint density at radius 1 is 1.25 bits per heavy atom. The summed E-state index contributed by atoms with van der Waals surface area (Å²) in [7, 11) is 0. The molecule has 2 aromatic carbocycles. The number of halogens is 2. The number of carbonyl (C=O) groups is 1. The molecule has 4 nitrogen and oxygen atoms in total. The first-order valence-electron chi connectivity index (χ1n) is 9.69. The monoisotopic (exact) mass is 388 g/mol. The molecule has 3 rings (SSSR count). The van der Waals surface area contributed by atoms with Crippen LogP contribution in [0.25, 0.3) is 0 Å². The Bertz CT molecular complexity index is 798. The van der Waals surface area contributed by atoms with E-state index < -0.39 is 18.6 Å². The quantitative estimate of drug-likeness (QED) is 0.491. The third-order valence-electron chi connectivity index (χ3n) is 4.94. The van der Waals surface area contributed by atoms with Gasteiger partial charge in [-0.15, -0.1) is 0 Å². The van der Waals surface area contributed by atoms with Crippen molar-refractivity contribution < 1.29 is 18.3 Å². The molecule has 6 heteroatoms. The first-order chi connectivity index (χ1) is 13.5. The number of benzene rings is 2. The molecular formula is C22H26F2N2O2. The van der Waals surface area contributed by atoms with Crippen molar-refractivity contribution in [2.24, 2.45) is 0 Å². The van der Waals surface area contributed by atoms with E-state index in [4.69, 9.17) is 4.74 Å². The Labute approximate surface area is 164 Å². The van der Waals surface area contributed by atoms with Gasteiger partial charge in [0.25, 0.3) is 5.92 Å². The smallest absolute Gasteiger partial charge is 0.285 e. The van der Waals surface area contributed by atoms with Gasteiger partial charge in [0.05, 0.1) is 13.2 Å². The second-order valence-electron chi connectivity index (χ2n) is 6.97. The van der Waals surface area contributed by atoms with Gasteiger partial charge in [-0.1, -0.05) is 43.7 Å². The molecular weight excluding hydrogens is 362 g/mol. The fourth-order valence-corrected chi connectivity index (χ4v) is 3.37. The van der Waals surface area contributed by atoms with E-state index in [2.05, 4.69) is 5.32 Å². The third-order valence-corrected chi connectivity index (χ3v) is 4.94. The highest BCUT2D eigenvalue weighted by Crippen LogP contribution is 2.31. The SMILES string of the molecule is CCCCOc1cccc(C(F)(F)CNC(C=O)N2CCc3ccccc32)c1. The lowest BCUT2D eigenvalue weighted by Crippen LogP contribution is -2.49. The average Bonchev–Trinajstić information content (AvgIpc) is 3.13. The number of unbranched alkanes of at least 4 members (excludes halogenated alkanes) is 1. The number of hydrogen-bond donors (Lipinski definition) is 1. The molecule has 1 atom stereocenters. The highest BCUT2D eigenvalue weighted by molar-refractivity contribution is 5.69. The van der Waals surface area contributed by atoms with E-state index >= 15 is 0 Å². The standard InChI is InChI=1S/C22H26F2N2O2/c1-2-3-13-28-19-9-6-8-18(14-19)22(23,24)16-25-21(15-27)26-12-11-17-7-4-5-10-20(17)26/h4-10,14-15,21,25H,2-3,11-13,16H2,1H3. The second-order valence-corrected chi connectivity index (χ2v) is 6.97. The average molecular weight is 388 g/mol. The molecule has 1 unspecified atom stereocenters. The van der Waals surface area contributed by atoms with Crippen LogP contribution in [0.15, 0.2) is 48.5 Å². The first-order valence-corrected chi connectivity index (χ1v) is 9.69. The summed E-state index contributed by atoms with van der Waals surface area (Å²) < 4.78 is 35.0. The zero-order chi connectivity index (χ0) is 20.0. The van der Waals surface area contributed by atoms with E-state index in [1.54, 1.807) is 12.1 Å². The fraction of sp³-hybridized carbons (Fsp3) is 0.409. The molecule has 2 aromatic rings. The van der Waals surface area contributed by atoms with Crippen LogP contribution in [0.5, 0.6) is 5.75 Å². The highest BCUT2D eigenvalue weighted by Gasteiger charge is 2.34. The minimum absolute atomic E-state index is 0.125. The zero-order valence-corrected chi connectivity index (χ0v) is 16.0. The summed E-state index contributed by atoms with van der Waals surface area (Å²) in [6, 6.07) is 13.7. The maximum absolute atomic E-state index is 14.8. The molecule has 0 spiro atoms. The van der Waals surface area contributed by atoms with Gasteiger partial charge in [0.15, 0.2) is 6.29 Å².